The molecule has 98 valence electrons. The molecule has 0 aliphatic carbocycles. The van der Waals surface area contributed by atoms with Crippen molar-refractivity contribution in [2.45, 2.75) is 27.7 Å². The average Bonchev–Trinajstić information content (AvgIpc) is 2.38. The van der Waals surface area contributed by atoms with Crippen molar-refractivity contribution in [3.63, 3.8) is 0 Å². The first-order chi connectivity index (χ1) is 8.56. The van der Waals surface area contributed by atoms with Crippen molar-refractivity contribution in [1.82, 2.24) is 5.32 Å². The Labute approximate surface area is 109 Å². The van der Waals surface area contributed by atoms with Crippen LogP contribution in [0.15, 0.2) is 42.1 Å². The smallest absolute Gasteiger partial charge is 0.314 e. The summed E-state index contributed by atoms with van der Waals surface area (Å²) in [6, 6.07) is 9.58. The van der Waals surface area contributed by atoms with E-state index in [2.05, 4.69) is 19.2 Å². The van der Waals surface area contributed by atoms with E-state index in [4.69, 9.17) is 0 Å². The van der Waals surface area contributed by atoms with Crippen molar-refractivity contribution in [3.8, 4) is 0 Å². The zero-order valence-corrected chi connectivity index (χ0v) is 11.6. The second-order valence-electron chi connectivity index (χ2n) is 4.57. The Morgan fingerprint density at radius 1 is 1.33 bits per heavy atom. The molecule has 0 aliphatic rings. The van der Waals surface area contributed by atoms with Gasteiger partial charge >= 0.3 is 6.03 Å². The molecule has 3 heteroatoms. The Balaban J connectivity index is 2.73. The van der Waals surface area contributed by atoms with Gasteiger partial charge in [0, 0.05) is 18.4 Å². The maximum Gasteiger partial charge on any atom is 0.325 e. The van der Waals surface area contributed by atoms with Gasteiger partial charge in [0.25, 0.3) is 0 Å². The third-order valence-corrected chi connectivity index (χ3v) is 2.96. The molecule has 0 fully saturated rings. The molecule has 1 rings (SSSR count). The molecular weight excluding hydrogens is 224 g/mol. The van der Waals surface area contributed by atoms with Crippen molar-refractivity contribution in [3.05, 3.63) is 42.1 Å². The third-order valence-electron chi connectivity index (χ3n) is 2.96. The van der Waals surface area contributed by atoms with E-state index in [0.29, 0.717) is 12.5 Å². The molecular formula is C15H22N2O. The lowest BCUT2D eigenvalue weighted by Gasteiger charge is -2.20. The third kappa shape index (κ3) is 3.91. The lowest BCUT2D eigenvalue weighted by atomic mass is 10.1. The molecule has 1 N–H and O–H groups in total. The summed E-state index contributed by atoms with van der Waals surface area (Å²) >= 11 is 0. The summed E-state index contributed by atoms with van der Waals surface area (Å²) < 4.78 is 0. The molecule has 1 aromatic rings. The van der Waals surface area contributed by atoms with Crippen molar-refractivity contribution < 1.29 is 4.79 Å². The topological polar surface area (TPSA) is 32.3 Å². The van der Waals surface area contributed by atoms with Gasteiger partial charge in [-0.15, -0.1) is 0 Å². The lowest BCUT2D eigenvalue weighted by Crippen LogP contribution is -2.37. The van der Waals surface area contributed by atoms with Gasteiger partial charge in [0.15, 0.2) is 0 Å². The first-order valence-corrected chi connectivity index (χ1v) is 6.36. The molecule has 18 heavy (non-hydrogen) atoms. The summed E-state index contributed by atoms with van der Waals surface area (Å²) in [5.74, 6) is 0.442. The molecule has 0 aliphatic heterocycles. The van der Waals surface area contributed by atoms with E-state index in [-0.39, 0.29) is 6.03 Å². The van der Waals surface area contributed by atoms with E-state index >= 15 is 0 Å². The molecule has 0 radical (unpaired) electrons. The zero-order chi connectivity index (χ0) is 13.5. The monoisotopic (exact) mass is 246 g/mol. The molecule has 0 atom stereocenters. The van der Waals surface area contributed by atoms with Crippen molar-refractivity contribution in [1.29, 1.82) is 0 Å². The van der Waals surface area contributed by atoms with Crippen molar-refractivity contribution in [2.24, 2.45) is 5.92 Å². The first-order valence-electron chi connectivity index (χ1n) is 6.36. The molecule has 2 amide bonds. The van der Waals surface area contributed by atoms with Gasteiger partial charge in [-0.2, -0.15) is 0 Å². The van der Waals surface area contributed by atoms with Crippen LogP contribution >= 0.6 is 0 Å². The maximum absolute atomic E-state index is 12.1. The summed E-state index contributed by atoms with van der Waals surface area (Å²) in [6.07, 6.45) is 1.79. The molecule has 0 heterocycles. The Morgan fingerprint density at radius 3 is 2.44 bits per heavy atom. The number of amides is 2. The highest BCUT2D eigenvalue weighted by atomic mass is 16.2. The fourth-order valence-electron chi connectivity index (χ4n) is 1.47. The summed E-state index contributed by atoms with van der Waals surface area (Å²) in [5.41, 5.74) is 2.07. The fraction of sp³-hybridized carbons (Fsp3) is 0.400. The molecule has 1 aromatic carbocycles. The van der Waals surface area contributed by atoms with Crippen LogP contribution in [-0.4, -0.2) is 12.6 Å². The Kier molecular flexibility index (Phi) is 5.43. The number of nitrogens with zero attached hydrogens (tertiary/aromatic N) is 1. The van der Waals surface area contributed by atoms with Gasteiger partial charge < -0.3 is 5.32 Å². The summed E-state index contributed by atoms with van der Waals surface area (Å²) in [6.45, 7) is 8.83. The molecule has 0 aromatic heterocycles. The molecule has 0 saturated carbocycles. The normalized spacial score (nSPS) is 11.5. The molecule has 0 saturated heterocycles. The van der Waals surface area contributed by atoms with Gasteiger partial charge in [-0.25, -0.2) is 4.79 Å². The predicted octanol–water partition coefficient (Wildman–Crippen LogP) is 3.78. The zero-order valence-electron chi connectivity index (χ0n) is 11.6. The van der Waals surface area contributed by atoms with E-state index in [1.54, 1.807) is 11.1 Å². The second-order valence-corrected chi connectivity index (χ2v) is 4.57. The van der Waals surface area contributed by atoms with Crippen LogP contribution in [0, 0.1) is 5.92 Å². The molecule has 0 unspecified atom stereocenters. The number of anilines is 1. The predicted molar refractivity (Wildman–Crippen MR) is 76.6 cm³/mol. The van der Waals surface area contributed by atoms with Crippen LogP contribution in [0.5, 0.6) is 0 Å². The van der Waals surface area contributed by atoms with Gasteiger partial charge in [-0.3, -0.25) is 4.90 Å². The van der Waals surface area contributed by atoms with Crippen LogP contribution in [0.2, 0.25) is 0 Å². The standard InChI is InChI=1S/C15H22N2O/c1-5-17(14-9-7-6-8-10-14)15(18)16-11-13(4)12(2)3/h6-12H,5H2,1-4H3,(H,16,18)/b13-11+. The van der Waals surface area contributed by atoms with Crippen LogP contribution in [0.4, 0.5) is 10.5 Å². The van der Waals surface area contributed by atoms with Crippen LogP contribution in [0.1, 0.15) is 27.7 Å². The van der Waals surface area contributed by atoms with E-state index in [1.807, 2.05) is 44.2 Å². The quantitative estimate of drug-likeness (QED) is 0.861. The minimum atomic E-state index is -0.0938. The Bertz CT molecular complexity index is 410. The van der Waals surface area contributed by atoms with Gasteiger partial charge in [-0.1, -0.05) is 37.6 Å². The highest BCUT2D eigenvalue weighted by molar-refractivity contribution is 5.92. The number of rotatable bonds is 4. The maximum atomic E-state index is 12.1. The van der Waals surface area contributed by atoms with E-state index in [1.165, 1.54) is 0 Å². The van der Waals surface area contributed by atoms with Gasteiger partial charge in [-0.05, 0) is 31.9 Å². The SMILES string of the molecule is CCN(C(=O)N/C=C(\C)C(C)C)c1ccccc1. The van der Waals surface area contributed by atoms with Gasteiger partial charge in [0.2, 0.25) is 0 Å². The highest BCUT2D eigenvalue weighted by Gasteiger charge is 2.11. The number of carbonyl (C=O) groups is 1. The van der Waals surface area contributed by atoms with Gasteiger partial charge in [0.05, 0.1) is 0 Å². The fourth-order valence-corrected chi connectivity index (χ4v) is 1.47. The van der Waals surface area contributed by atoms with E-state index < -0.39 is 0 Å². The van der Waals surface area contributed by atoms with Crippen molar-refractivity contribution >= 4 is 11.7 Å². The van der Waals surface area contributed by atoms with Crippen LogP contribution in [0.25, 0.3) is 0 Å². The first kappa shape index (κ1) is 14.3. The number of allylic oxidation sites excluding steroid dienone is 1. The Hall–Kier alpha value is -1.77. The van der Waals surface area contributed by atoms with E-state index in [9.17, 15) is 4.79 Å². The Morgan fingerprint density at radius 2 is 1.94 bits per heavy atom. The number of carbonyl (C=O) groups excluding carboxylic acids is 1. The number of urea groups is 1. The van der Waals surface area contributed by atoms with Crippen LogP contribution < -0.4 is 10.2 Å². The minimum Gasteiger partial charge on any atom is -0.314 e. The summed E-state index contributed by atoms with van der Waals surface area (Å²) in [5, 5.41) is 2.84. The van der Waals surface area contributed by atoms with Crippen LogP contribution in [0.3, 0.4) is 0 Å². The molecule has 0 spiro atoms. The van der Waals surface area contributed by atoms with Crippen LogP contribution in [-0.2, 0) is 0 Å². The average molecular weight is 246 g/mol. The highest BCUT2D eigenvalue weighted by Crippen LogP contribution is 2.13. The number of hydrogen-bond donors (Lipinski definition) is 1. The largest absolute Gasteiger partial charge is 0.325 e. The van der Waals surface area contributed by atoms with Crippen molar-refractivity contribution in [2.75, 3.05) is 11.4 Å². The van der Waals surface area contributed by atoms with E-state index in [0.717, 1.165) is 11.3 Å². The number of para-hydroxylation sites is 1. The lowest BCUT2D eigenvalue weighted by molar-refractivity contribution is 0.249. The number of hydrogen-bond acceptors (Lipinski definition) is 1. The number of nitrogens with one attached hydrogen (secondary N) is 1. The molecule has 3 nitrogen and oxygen atoms in total. The summed E-state index contributed by atoms with van der Waals surface area (Å²) in [4.78, 5) is 13.8. The van der Waals surface area contributed by atoms with Gasteiger partial charge in [0.1, 0.15) is 0 Å². The summed E-state index contributed by atoms with van der Waals surface area (Å²) in [7, 11) is 0. The second kappa shape index (κ2) is 6.84. The molecule has 0 bridgehead atoms. The minimum absolute atomic E-state index is 0.0938. The number of benzene rings is 1.